The number of nitrogens with zero attached hydrogens (tertiary/aromatic N) is 2. The number of carbonyl (C=O) groups excluding carboxylic acids is 1. The molecular formula is C11H19N5O2. The highest BCUT2D eigenvalue weighted by atomic mass is 16.5. The molecule has 7 heteroatoms. The SMILES string of the molecule is CCCNc1cc(NCCOC(N)=O)nc(C)n1. The van der Waals surface area contributed by atoms with Gasteiger partial charge in [0.25, 0.3) is 0 Å². The number of rotatable bonds is 7. The van der Waals surface area contributed by atoms with Crippen LogP contribution in [0.4, 0.5) is 16.4 Å². The van der Waals surface area contributed by atoms with E-state index in [0.717, 1.165) is 18.8 Å². The number of anilines is 2. The van der Waals surface area contributed by atoms with Crippen molar-refractivity contribution in [2.24, 2.45) is 5.73 Å². The number of hydrogen-bond donors (Lipinski definition) is 3. The summed E-state index contributed by atoms with van der Waals surface area (Å²) in [5, 5.41) is 6.22. The monoisotopic (exact) mass is 253 g/mol. The van der Waals surface area contributed by atoms with Crippen molar-refractivity contribution in [1.29, 1.82) is 0 Å². The van der Waals surface area contributed by atoms with Crippen LogP contribution in [0.1, 0.15) is 19.2 Å². The second kappa shape index (κ2) is 7.31. The largest absolute Gasteiger partial charge is 0.448 e. The fraction of sp³-hybridized carbons (Fsp3) is 0.545. The highest BCUT2D eigenvalue weighted by Gasteiger charge is 2.01. The third-order valence-corrected chi connectivity index (χ3v) is 2.05. The quantitative estimate of drug-likeness (QED) is 0.629. The van der Waals surface area contributed by atoms with E-state index < -0.39 is 6.09 Å². The lowest BCUT2D eigenvalue weighted by Gasteiger charge is -2.09. The van der Waals surface area contributed by atoms with E-state index >= 15 is 0 Å². The highest BCUT2D eigenvalue weighted by molar-refractivity contribution is 5.64. The van der Waals surface area contributed by atoms with Crippen LogP contribution in [0.25, 0.3) is 0 Å². The molecule has 18 heavy (non-hydrogen) atoms. The van der Waals surface area contributed by atoms with Crippen LogP contribution in [0.3, 0.4) is 0 Å². The Morgan fingerprint density at radius 2 is 1.94 bits per heavy atom. The molecule has 0 saturated heterocycles. The van der Waals surface area contributed by atoms with E-state index in [1.54, 1.807) is 0 Å². The van der Waals surface area contributed by atoms with Gasteiger partial charge in [-0.1, -0.05) is 6.92 Å². The first kappa shape index (κ1) is 14.0. The number of carbonyl (C=O) groups is 1. The second-order valence-corrected chi connectivity index (χ2v) is 3.71. The van der Waals surface area contributed by atoms with Gasteiger partial charge < -0.3 is 21.1 Å². The lowest BCUT2D eigenvalue weighted by atomic mass is 10.4. The number of nitrogens with two attached hydrogens (primary N) is 1. The first-order valence-corrected chi connectivity index (χ1v) is 5.87. The Bertz CT molecular complexity index is 397. The summed E-state index contributed by atoms with van der Waals surface area (Å²) in [6.45, 7) is 5.42. The highest BCUT2D eigenvalue weighted by Crippen LogP contribution is 2.10. The summed E-state index contributed by atoms with van der Waals surface area (Å²) in [7, 11) is 0. The topological polar surface area (TPSA) is 102 Å². The molecule has 0 aromatic carbocycles. The molecule has 0 unspecified atom stereocenters. The summed E-state index contributed by atoms with van der Waals surface area (Å²) in [4.78, 5) is 18.9. The molecule has 0 aliphatic heterocycles. The first-order valence-electron chi connectivity index (χ1n) is 5.87. The third kappa shape index (κ3) is 5.33. The number of hydrogen-bond acceptors (Lipinski definition) is 6. The molecule has 1 rings (SSSR count). The molecular weight excluding hydrogens is 234 g/mol. The van der Waals surface area contributed by atoms with E-state index in [-0.39, 0.29) is 6.61 Å². The molecule has 1 aromatic rings. The van der Waals surface area contributed by atoms with Crippen LogP contribution < -0.4 is 16.4 Å². The summed E-state index contributed by atoms with van der Waals surface area (Å²) in [6.07, 6.45) is 0.249. The summed E-state index contributed by atoms with van der Waals surface area (Å²) in [6, 6.07) is 1.81. The maximum Gasteiger partial charge on any atom is 0.404 e. The van der Waals surface area contributed by atoms with Gasteiger partial charge in [-0.05, 0) is 13.3 Å². The van der Waals surface area contributed by atoms with E-state index in [1.807, 2.05) is 13.0 Å². The van der Waals surface area contributed by atoms with Crippen LogP contribution in [0, 0.1) is 6.92 Å². The Morgan fingerprint density at radius 1 is 1.33 bits per heavy atom. The molecule has 1 aromatic heterocycles. The molecule has 4 N–H and O–H groups in total. The molecule has 7 nitrogen and oxygen atoms in total. The van der Waals surface area contributed by atoms with Gasteiger partial charge in [0.15, 0.2) is 0 Å². The molecule has 1 heterocycles. The van der Waals surface area contributed by atoms with E-state index in [9.17, 15) is 4.79 Å². The molecule has 0 fully saturated rings. The van der Waals surface area contributed by atoms with E-state index in [4.69, 9.17) is 5.73 Å². The predicted octanol–water partition coefficient (Wildman–Crippen LogP) is 1.11. The van der Waals surface area contributed by atoms with Gasteiger partial charge in [-0.15, -0.1) is 0 Å². The van der Waals surface area contributed by atoms with Crippen molar-refractivity contribution in [3.05, 3.63) is 11.9 Å². The van der Waals surface area contributed by atoms with Gasteiger partial charge >= 0.3 is 6.09 Å². The van der Waals surface area contributed by atoms with Gasteiger partial charge in [-0.3, -0.25) is 0 Å². The van der Waals surface area contributed by atoms with Crippen LogP contribution in [0.2, 0.25) is 0 Å². The summed E-state index contributed by atoms with van der Waals surface area (Å²) in [5.74, 6) is 2.14. The van der Waals surface area contributed by atoms with Crippen molar-refractivity contribution < 1.29 is 9.53 Å². The Labute approximate surface area is 106 Å². The molecule has 0 radical (unpaired) electrons. The van der Waals surface area contributed by atoms with Crippen LogP contribution >= 0.6 is 0 Å². The zero-order valence-electron chi connectivity index (χ0n) is 10.7. The minimum atomic E-state index is -0.777. The number of primary amides is 1. The first-order chi connectivity index (χ1) is 8.61. The lowest BCUT2D eigenvalue weighted by Crippen LogP contribution is -2.19. The van der Waals surface area contributed by atoms with Crippen LogP contribution in [-0.2, 0) is 4.74 Å². The maximum absolute atomic E-state index is 10.4. The average molecular weight is 253 g/mol. The molecule has 1 amide bonds. The number of amides is 1. The van der Waals surface area contributed by atoms with Crippen molar-refractivity contribution >= 4 is 17.7 Å². The Morgan fingerprint density at radius 3 is 2.50 bits per heavy atom. The second-order valence-electron chi connectivity index (χ2n) is 3.71. The molecule has 0 saturated carbocycles. The van der Waals surface area contributed by atoms with Crippen molar-refractivity contribution in [2.75, 3.05) is 30.3 Å². The Hall–Kier alpha value is -2.05. The number of ether oxygens (including phenoxy) is 1. The van der Waals surface area contributed by atoms with Gasteiger partial charge in [0, 0.05) is 12.6 Å². The molecule has 0 aliphatic carbocycles. The fourth-order valence-electron chi connectivity index (χ4n) is 1.33. The molecule has 0 atom stereocenters. The maximum atomic E-state index is 10.4. The zero-order valence-corrected chi connectivity index (χ0v) is 10.7. The molecule has 0 spiro atoms. The van der Waals surface area contributed by atoms with Gasteiger partial charge in [0.2, 0.25) is 0 Å². The standard InChI is InChI=1S/C11H19N5O2/c1-3-4-13-9-7-10(16-8(2)15-9)14-5-6-18-11(12)17/h7H,3-6H2,1-2H3,(H2,12,17)(H2,13,14,15,16). The lowest BCUT2D eigenvalue weighted by molar-refractivity contribution is 0.161. The summed E-state index contributed by atoms with van der Waals surface area (Å²) in [5.41, 5.74) is 4.85. The molecule has 0 bridgehead atoms. The smallest absolute Gasteiger partial charge is 0.404 e. The Kier molecular flexibility index (Phi) is 5.69. The van der Waals surface area contributed by atoms with Gasteiger partial charge in [-0.25, -0.2) is 14.8 Å². The predicted molar refractivity (Wildman–Crippen MR) is 69.6 cm³/mol. The number of aryl methyl sites for hydroxylation is 1. The molecule has 100 valence electrons. The van der Waals surface area contributed by atoms with Crippen molar-refractivity contribution in [3.8, 4) is 0 Å². The van der Waals surface area contributed by atoms with Crippen molar-refractivity contribution in [3.63, 3.8) is 0 Å². The van der Waals surface area contributed by atoms with Crippen LogP contribution in [0.5, 0.6) is 0 Å². The van der Waals surface area contributed by atoms with Crippen molar-refractivity contribution in [1.82, 2.24) is 9.97 Å². The van der Waals surface area contributed by atoms with Crippen molar-refractivity contribution in [2.45, 2.75) is 20.3 Å². The number of aromatic nitrogens is 2. The zero-order chi connectivity index (χ0) is 13.4. The third-order valence-electron chi connectivity index (χ3n) is 2.05. The van der Waals surface area contributed by atoms with Gasteiger partial charge in [-0.2, -0.15) is 0 Å². The minimum absolute atomic E-state index is 0.204. The number of nitrogens with one attached hydrogen (secondary N) is 2. The Balaban J connectivity index is 2.48. The van der Waals surface area contributed by atoms with Gasteiger partial charge in [0.1, 0.15) is 24.1 Å². The van der Waals surface area contributed by atoms with E-state index in [0.29, 0.717) is 18.2 Å². The summed E-state index contributed by atoms with van der Waals surface area (Å²) >= 11 is 0. The molecule has 0 aliphatic rings. The van der Waals surface area contributed by atoms with Gasteiger partial charge in [0.05, 0.1) is 6.54 Å². The van der Waals surface area contributed by atoms with E-state index in [2.05, 4.69) is 32.3 Å². The minimum Gasteiger partial charge on any atom is -0.448 e. The van der Waals surface area contributed by atoms with Crippen LogP contribution in [0.15, 0.2) is 6.07 Å². The van der Waals surface area contributed by atoms with E-state index in [1.165, 1.54) is 0 Å². The normalized spacial score (nSPS) is 9.89. The fourth-order valence-corrected chi connectivity index (χ4v) is 1.33. The average Bonchev–Trinajstić information content (AvgIpc) is 2.31. The van der Waals surface area contributed by atoms with Crippen LogP contribution in [-0.4, -0.2) is 35.8 Å². The summed E-state index contributed by atoms with van der Waals surface area (Å²) < 4.78 is 4.61.